The second-order valence-corrected chi connectivity index (χ2v) is 8.97. The molecule has 0 spiro atoms. The van der Waals surface area contributed by atoms with Crippen LogP contribution in [0.2, 0.25) is 0 Å². The Labute approximate surface area is 147 Å². The molecule has 2 rings (SSSR count). The molecule has 0 aliphatic carbocycles. The predicted molar refractivity (Wildman–Crippen MR) is 97.9 cm³/mol. The zero-order valence-electron chi connectivity index (χ0n) is 15.5. The van der Waals surface area contributed by atoms with Gasteiger partial charge in [0.1, 0.15) is 4.88 Å². The number of thiophene rings is 1. The van der Waals surface area contributed by atoms with Crippen LogP contribution in [0.4, 0.5) is 13.2 Å². The van der Waals surface area contributed by atoms with Crippen LogP contribution in [-0.2, 0) is 17.0 Å². The fourth-order valence-electron chi connectivity index (χ4n) is 1.93. The van der Waals surface area contributed by atoms with Crippen molar-refractivity contribution in [3.63, 3.8) is 0 Å². The number of hydrogen-bond donors (Lipinski definition) is 0. The summed E-state index contributed by atoms with van der Waals surface area (Å²) in [4.78, 5) is -0.516. The lowest BCUT2D eigenvalue weighted by molar-refractivity contribution is -0.134. The summed E-state index contributed by atoms with van der Waals surface area (Å²) >= 11 is 0.758. The lowest BCUT2D eigenvalue weighted by atomic mass is 9.87. The van der Waals surface area contributed by atoms with Crippen molar-refractivity contribution in [2.75, 3.05) is 0 Å². The summed E-state index contributed by atoms with van der Waals surface area (Å²) in [6.45, 7) is 14.5. The molecule has 0 N–H and O–H groups in total. The summed E-state index contributed by atoms with van der Waals surface area (Å²) in [7, 11) is 0. The predicted octanol–water partition coefficient (Wildman–Crippen LogP) is 7.36. The molecule has 0 radical (unpaired) electrons. The molecule has 0 atom stereocenters. The Bertz CT molecular complexity index is 607. The fourth-order valence-corrected chi connectivity index (χ4v) is 2.94. The van der Waals surface area contributed by atoms with Gasteiger partial charge in [-0.3, -0.25) is 0 Å². The van der Waals surface area contributed by atoms with E-state index < -0.39 is 11.1 Å². The Balaban J connectivity index is 0.000000243. The lowest BCUT2D eigenvalue weighted by Gasteiger charge is -2.18. The van der Waals surface area contributed by atoms with Crippen molar-refractivity contribution >= 4 is 11.3 Å². The molecule has 0 bridgehead atoms. The van der Waals surface area contributed by atoms with Crippen LogP contribution in [0, 0.1) is 6.92 Å². The van der Waals surface area contributed by atoms with Crippen molar-refractivity contribution in [2.45, 2.75) is 65.5 Å². The number of hydrogen-bond acceptors (Lipinski definition) is 1. The normalized spacial score (nSPS) is 12.6. The quantitative estimate of drug-likeness (QED) is 0.462. The van der Waals surface area contributed by atoms with Gasteiger partial charge in [-0.25, -0.2) is 0 Å². The molecule has 0 unspecified atom stereocenters. The van der Waals surface area contributed by atoms with Gasteiger partial charge in [-0.15, -0.1) is 11.3 Å². The van der Waals surface area contributed by atoms with Crippen LogP contribution < -0.4 is 0 Å². The number of benzene rings is 1. The molecule has 0 fully saturated rings. The molecule has 0 aliphatic rings. The number of halogens is 3. The first-order chi connectivity index (χ1) is 10.7. The van der Waals surface area contributed by atoms with E-state index in [-0.39, 0.29) is 10.8 Å². The van der Waals surface area contributed by atoms with Crippen LogP contribution in [0.25, 0.3) is 0 Å². The fraction of sp³-hybridized carbons (Fsp3) is 0.500. The molecule has 0 saturated heterocycles. The maximum Gasteiger partial charge on any atom is 0.425 e. The number of alkyl halides is 3. The van der Waals surface area contributed by atoms with Gasteiger partial charge in [0.15, 0.2) is 0 Å². The molecular weight excluding hydrogens is 329 g/mol. The van der Waals surface area contributed by atoms with Crippen LogP contribution >= 0.6 is 11.3 Å². The van der Waals surface area contributed by atoms with Gasteiger partial charge in [0.2, 0.25) is 0 Å². The topological polar surface area (TPSA) is 0 Å². The zero-order chi connectivity index (χ0) is 18.8. The van der Waals surface area contributed by atoms with Crippen molar-refractivity contribution in [1.29, 1.82) is 0 Å². The molecule has 1 aromatic heterocycles. The Hall–Kier alpha value is -1.29. The van der Waals surface area contributed by atoms with Crippen molar-refractivity contribution in [3.8, 4) is 0 Å². The molecule has 0 aliphatic heterocycles. The van der Waals surface area contributed by atoms with Crippen molar-refractivity contribution in [3.05, 3.63) is 57.3 Å². The van der Waals surface area contributed by atoms with Gasteiger partial charge in [0.05, 0.1) is 0 Å². The number of rotatable bonds is 0. The Morgan fingerprint density at radius 3 is 1.50 bits per heavy atom. The van der Waals surface area contributed by atoms with Crippen molar-refractivity contribution < 1.29 is 13.2 Å². The SMILES string of the molecule is CC(C)(C)c1csc(C(F)(F)F)c1.Cc1ccc(C(C)(C)C)cc1. The molecule has 2 aromatic rings. The highest BCUT2D eigenvalue weighted by Crippen LogP contribution is 2.37. The molecule has 4 heteroatoms. The highest BCUT2D eigenvalue weighted by molar-refractivity contribution is 7.10. The van der Waals surface area contributed by atoms with Crippen LogP contribution in [0.1, 0.15) is 63.1 Å². The molecule has 134 valence electrons. The minimum atomic E-state index is -4.20. The van der Waals surface area contributed by atoms with E-state index >= 15 is 0 Å². The van der Waals surface area contributed by atoms with Gasteiger partial charge in [0, 0.05) is 0 Å². The summed E-state index contributed by atoms with van der Waals surface area (Å²) in [6.07, 6.45) is -4.20. The molecular formula is C20H27F3S. The number of aryl methyl sites for hydroxylation is 1. The third-order valence-corrected chi connectivity index (χ3v) is 4.64. The first kappa shape index (κ1) is 20.8. The Morgan fingerprint density at radius 2 is 1.21 bits per heavy atom. The third-order valence-electron chi connectivity index (χ3n) is 3.66. The van der Waals surface area contributed by atoms with E-state index in [2.05, 4.69) is 52.0 Å². The van der Waals surface area contributed by atoms with E-state index in [1.807, 2.05) is 20.8 Å². The van der Waals surface area contributed by atoms with E-state index in [1.165, 1.54) is 17.2 Å². The van der Waals surface area contributed by atoms with Crippen molar-refractivity contribution in [1.82, 2.24) is 0 Å². The summed E-state index contributed by atoms with van der Waals surface area (Å²) in [5.41, 5.74) is 3.55. The first-order valence-corrected chi connectivity index (χ1v) is 8.82. The smallest absolute Gasteiger partial charge is 0.165 e. The Morgan fingerprint density at radius 1 is 0.750 bits per heavy atom. The highest BCUT2D eigenvalue weighted by Gasteiger charge is 2.33. The zero-order valence-corrected chi connectivity index (χ0v) is 16.3. The monoisotopic (exact) mass is 356 g/mol. The van der Waals surface area contributed by atoms with Crippen LogP contribution in [0.15, 0.2) is 35.7 Å². The van der Waals surface area contributed by atoms with Crippen LogP contribution in [0.5, 0.6) is 0 Å². The first-order valence-electron chi connectivity index (χ1n) is 7.94. The van der Waals surface area contributed by atoms with E-state index in [4.69, 9.17) is 0 Å². The average Bonchev–Trinajstić information content (AvgIpc) is 2.88. The maximum atomic E-state index is 12.2. The summed E-state index contributed by atoms with van der Waals surface area (Å²) < 4.78 is 36.6. The third kappa shape index (κ3) is 6.31. The van der Waals surface area contributed by atoms with E-state index in [1.54, 1.807) is 5.38 Å². The average molecular weight is 356 g/mol. The van der Waals surface area contributed by atoms with Gasteiger partial charge in [0.25, 0.3) is 0 Å². The van der Waals surface area contributed by atoms with E-state index in [0.29, 0.717) is 0 Å². The summed E-state index contributed by atoms with van der Waals surface area (Å²) in [5.74, 6) is 0. The molecule has 24 heavy (non-hydrogen) atoms. The minimum Gasteiger partial charge on any atom is -0.165 e. The molecule has 1 heterocycles. The maximum absolute atomic E-state index is 12.2. The molecule has 1 aromatic carbocycles. The summed E-state index contributed by atoms with van der Waals surface area (Å²) in [6, 6.07) is 9.97. The van der Waals surface area contributed by atoms with Gasteiger partial charge in [-0.2, -0.15) is 13.2 Å². The molecule has 0 saturated carbocycles. The van der Waals surface area contributed by atoms with E-state index in [0.717, 1.165) is 16.9 Å². The second-order valence-electron chi connectivity index (χ2n) is 8.06. The summed E-state index contributed by atoms with van der Waals surface area (Å²) in [5, 5.41) is 1.57. The van der Waals surface area contributed by atoms with Gasteiger partial charge >= 0.3 is 6.18 Å². The molecule has 0 amide bonds. The molecule has 0 nitrogen and oxygen atoms in total. The Kier molecular flexibility index (Phi) is 6.31. The van der Waals surface area contributed by atoms with Gasteiger partial charge < -0.3 is 0 Å². The largest absolute Gasteiger partial charge is 0.425 e. The van der Waals surface area contributed by atoms with Crippen LogP contribution in [-0.4, -0.2) is 0 Å². The van der Waals surface area contributed by atoms with Gasteiger partial charge in [-0.1, -0.05) is 71.4 Å². The standard InChI is InChI=1S/C11H16.C9H11F3S/c1-9-5-7-10(8-6-9)11(2,3)4;1-8(2,3)6-4-7(13-5-6)9(10,11)12/h5-8H,1-4H3;4-5H,1-3H3. The van der Waals surface area contributed by atoms with Gasteiger partial charge in [-0.05, 0) is 40.3 Å². The second kappa shape index (κ2) is 7.30. The van der Waals surface area contributed by atoms with Crippen LogP contribution in [0.3, 0.4) is 0 Å². The lowest BCUT2D eigenvalue weighted by Crippen LogP contribution is -2.10. The van der Waals surface area contributed by atoms with Crippen molar-refractivity contribution in [2.24, 2.45) is 0 Å². The minimum absolute atomic E-state index is 0.208. The highest BCUT2D eigenvalue weighted by atomic mass is 32.1. The van der Waals surface area contributed by atoms with E-state index in [9.17, 15) is 13.2 Å².